The fraction of sp³-hybridized carbons (Fsp3) is 0.583. The van der Waals surface area contributed by atoms with E-state index in [1.807, 2.05) is 26.0 Å². The number of sulfonamides is 1. The van der Waals surface area contributed by atoms with Crippen LogP contribution in [0.2, 0.25) is 0 Å². The molecule has 0 aliphatic carbocycles. The Morgan fingerprint density at radius 2 is 1.89 bits per heavy atom. The van der Waals surface area contributed by atoms with Crippen molar-refractivity contribution in [2.45, 2.75) is 11.6 Å². The van der Waals surface area contributed by atoms with Gasteiger partial charge < -0.3 is 10.2 Å². The number of rotatable bonds is 7. The maximum atomic E-state index is 12.2. The van der Waals surface area contributed by atoms with Crippen LogP contribution in [0, 0.1) is 0 Å². The number of hydrogen-bond donors (Lipinski definition) is 1. The Morgan fingerprint density at radius 3 is 2.37 bits per heavy atom. The molecule has 0 atom stereocenters. The molecule has 0 saturated heterocycles. The minimum absolute atomic E-state index is 0.0913. The van der Waals surface area contributed by atoms with Crippen LogP contribution < -0.4 is 5.32 Å². The molecule has 1 heterocycles. The fourth-order valence-corrected chi connectivity index (χ4v) is 2.56. The Hall–Kier alpha value is -1.02. The molecule has 1 rings (SSSR count). The highest BCUT2D eigenvalue weighted by Crippen LogP contribution is 2.11. The van der Waals surface area contributed by atoms with E-state index in [1.165, 1.54) is 4.31 Å². The summed E-state index contributed by atoms with van der Waals surface area (Å²) in [4.78, 5) is 5.97. The van der Waals surface area contributed by atoms with Crippen molar-refractivity contribution in [3.05, 3.63) is 23.9 Å². The normalized spacial score (nSPS) is 12.3. The molecule has 1 N–H and O–H groups in total. The highest BCUT2D eigenvalue weighted by Gasteiger charge is 2.21. The average molecular weight is 286 g/mol. The molecule has 19 heavy (non-hydrogen) atoms. The van der Waals surface area contributed by atoms with E-state index in [-0.39, 0.29) is 5.03 Å². The first-order valence-corrected chi connectivity index (χ1v) is 7.52. The molecule has 1 aromatic rings. The largest absolute Gasteiger partial charge is 0.316 e. The van der Waals surface area contributed by atoms with Crippen molar-refractivity contribution >= 4 is 10.0 Å². The predicted octanol–water partition coefficient (Wildman–Crippen LogP) is -0.0169. The Labute approximate surface area is 115 Å². The van der Waals surface area contributed by atoms with E-state index in [2.05, 4.69) is 10.3 Å². The molecule has 0 aromatic carbocycles. The van der Waals surface area contributed by atoms with Gasteiger partial charge in [-0.3, -0.25) is 0 Å². The van der Waals surface area contributed by atoms with Gasteiger partial charge in [-0.25, -0.2) is 13.4 Å². The summed E-state index contributed by atoms with van der Waals surface area (Å²) in [5.74, 6) is 0. The van der Waals surface area contributed by atoms with Gasteiger partial charge in [-0.2, -0.15) is 4.31 Å². The van der Waals surface area contributed by atoms with Crippen LogP contribution in [0.3, 0.4) is 0 Å². The zero-order chi connectivity index (χ0) is 14.5. The van der Waals surface area contributed by atoms with Gasteiger partial charge in [0.2, 0.25) is 0 Å². The third-order valence-corrected chi connectivity index (χ3v) is 4.49. The van der Waals surface area contributed by atoms with Crippen LogP contribution in [0.5, 0.6) is 0 Å². The minimum Gasteiger partial charge on any atom is -0.316 e. The lowest BCUT2D eigenvalue weighted by Gasteiger charge is -2.19. The van der Waals surface area contributed by atoms with Crippen molar-refractivity contribution in [3.63, 3.8) is 0 Å². The Kier molecular flexibility index (Phi) is 5.86. The lowest BCUT2D eigenvalue weighted by Crippen LogP contribution is -2.33. The molecule has 0 aliphatic rings. The lowest BCUT2D eigenvalue weighted by atomic mass is 10.3. The van der Waals surface area contributed by atoms with Crippen LogP contribution in [0.1, 0.15) is 5.56 Å². The van der Waals surface area contributed by atoms with E-state index in [4.69, 9.17) is 0 Å². The summed E-state index contributed by atoms with van der Waals surface area (Å²) in [5, 5.41) is 3.08. The maximum Gasteiger partial charge on any atom is 0.260 e. The molecule has 0 fully saturated rings. The predicted molar refractivity (Wildman–Crippen MR) is 75.4 cm³/mol. The van der Waals surface area contributed by atoms with Gasteiger partial charge in [0.25, 0.3) is 10.0 Å². The van der Waals surface area contributed by atoms with Gasteiger partial charge in [0, 0.05) is 32.9 Å². The SMILES string of the molecule is CNCc1ccc(S(=O)(=O)N(C)CCN(C)C)nc1. The maximum absolute atomic E-state index is 12.2. The molecule has 6 nitrogen and oxygen atoms in total. The van der Waals surface area contributed by atoms with Crippen molar-refractivity contribution in [3.8, 4) is 0 Å². The van der Waals surface area contributed by atoms with Crippen molar-refractivity contribution in [1.82, 2.24) is 19.5 Å². The van der Waals surface area contributed by atoms with Crippen molar-refractivity contribution in [1.29, 1.82) is 0 Å². The van der Waals surface area contributed by atoms with Crippen LogP contribution >= 0.6 is 0 Å². The van der Waals surface area contributed by atoms with Crippen LogP contribution in [0.25, 0.3) is 0 Å². The van der Waals surface area contributed by atoms with E-state index in [9.17, 15) is 8.42 Å². The summed E-state index contributed by atoms with van der Waals surface area (Å²) in [6, 6.07) is 3.32. The summed E-state index contributed by atoms with van der Waals surface area (Å²) < 4.78 is 25.8. The minimum atomic E-state index is -3.49. The lowest BCUT2D eigenvalue weighted by molar-refractivity contribution is 0.358. The molecular formula is C12H22N4O2S. The van der Waals surface area contributed by atoms with Crippen LogP contribution in [0.4, 0.5) is 0 Å². The summed E-state index contributed by atoms with van der Waals surface area (Å²) in [5.41, 5.74) is 0.956. The topological polar surface area (TPSA) is 65.5 Å². The zero-order valence-electron chi connectivity index (χ0n) is 11.9. The summed E-state index contributed by atoms with van der Waals surface area (Å²) in [7, 11) is 3.73. The number of aromatic nitrogens is 1. The molecule has 0 radical (unpaired) electrons. The summed E-state index contributed by atoms with van der Waals surface area (Å²) in [6.07, 6.45) is 1.59. The van der Waals surface area contributed by atoms with E-state index in [1.54, 1.807) is 25.4 Å². The molecule has 0 amide bonds. The molecule has 0 unspecified atom stereocenters. The molecule has 0 aliphatic heterocycles. The first-order chi connectivity index (χ1) is 8.87. The number of nitrogens with zero attached hydrogens (tertiary/aromatic N) is 3. The van der Waals surface area contributed by atoms with Gasteiger partial charge in [-0.15, -0.1) is 0 Å². The monoisotopic (exact) mass is 286 g/mol. The molecule has 0 spiro atoms. The molecule has 0 saturated carbocycles. The average Bonchev–Trinajstić information content (AvgIpc) is 2.36. The van der Waals surface area contributed by atoms with Crippen molar-refractivity contribution in [2.75, 3.05) is 41.3 Å². The standard InChI is InChI=1S/C12H22N4O2S/c1-13-9-11-5-6-12(14-10-11)19(17,18)16(4)8-7-15(2)3/h5-6,10,13H,7-9H2,1-4H3. The molecule has 7 heteroatoms. The highest BCUT2D eigenvalue weighted by molar-refractivity contribution is 7.89. The van der Waals surface area contributed by atoms with Gasteiger partial charge in [0.1, 0.15) is 0 Å². The fourth-order valence-electron chi connectivity index (χ4n) is 1.49. The second-order valence-corrected chi connectivity index (χ2v) is 6.66. The quantitative estimate of drug-likeness (QED) is 0.763. The van der Waals surface area contributed by atoms with E-state index >= 15 is 0 Å². The van der Waals surface area contributed by atoms with Gasteiger partial charge in [0.15, 0.2) is 5.03 Å². The Balaban J connectivity index is 2.81. The van der Waals surface area contributed by atoms with E-state index < -0.39 is 10.0 Å². The Morgan fingerprint density at radius 1 is 1.21 bits per heavy atom. The van der Waals surface area contributed by atoms with Gasteiger partial charge >= 0.3 is 0 Å². The third kappa shape index (κ3) is 4.54. The number of pyridine rings is 1. The van der Waals surface area contributed by atoms with Gasteiger partial charge in [-0.05, 0) is 32.8 Å². The van der Waals surface area contributed by atoms with Crippen molar-refractivity contribution in [2.24, 2.45) is 0 Å². The molecule has 1 aromatic heterocycles. The number of likely N-dealkylation sites (N-methyl/N-ethyl adjacent to an activating group) is 2. The van der Waals surface area contributed by atoms with Gasteiger partial charge in [0.05, 0.1) is 0 Å². The first kappa shape index (κ1) is 16.0. The Bertz CT molecular complexity index is 485. The van der Waals surface area contributed by atoms with E-state index in [0.29, 0.717) is 19.6 Å². The second-order valence-electron chi connectivity index (χ2n) is 4.66. The highest BCUT2D eigenvalue weighted by atomic mass is 32.2. The zero-order valence-corrected chi connectivity index (χ0v) is 12.7. The van der Waals surface area contributed by atoms with Crippen LogP contribution in [-0.2, 0) is 16.6 Å². The van der Waals surface area contributed by atoms with Crippen LogP contribution in [-0.4, -0.2) is 63.9 Å². The first-order valence-electron chi connectivity index (χ1n) is 6.08. The number of nitrogens with one attached hydrogen (secondary N) is 1. The molecule has 108 valence electrons. The van der Waals surface area contributed by atoms with Gasteiger partial charge in [-0.1, -0.05) is 6.07 Å². The second kappa shape index (κ2) is 6.95. The molecular weight excluding hydrogens is 264 g/mol. The van der Waals surface area contributed by atoms with Crippen LogP contribution in [0.15, 0.2) is 23.4 Å². The number of hydrogen-bond acceptors (Lipinski definition) is 5. The molecule has 0 bridgehead atoms. The third-order valence-electron chi connectivity index (χ3n) is 2.72. The van der Waals surface area contributed by atoms with Crippen molar-refractivity contribution < 1.29 is 8.42 Å². The van der Waals surface area contributed by atoms with E-state index in [0.717, 1.165) is 5.56 Å². The smallest absolute Gasteiger partial charge is 0.260 e. The summed E-state index contributed by atoms with van der Waals surface area (Å²) >= 11 is 0. The summed E-state index contributed by atoms with van der Waals surface area (Å²) in [6.45, 7) is 1.78.